The van der Waals surface area contributed by atoms with E-state index in [1.54, 1.807) is 0 Å². The van der Waals surface area contributed by atoms with Crippen molar-refractivity contribution in [2.24, 2.45) is 0 Å². The minimum atomic E-state index is -0.00545. The van der Waals surface area contributed by atoms with E-state index in [9.17, 15) is 0 Å². The van der Waals surface area contributed by atoms with Crippen LogP contribution in [0.1, 0.15) is 66.8 Å². The Morgan fingerprint density at radius 3 is 0.716 bits per heavy atom. The summed E-state index contributed by atoms with van der Waals surface area (Å²) in [5.41, 5.74) is 18.8. The third-order valence-corrected chi connectivity index (χ3v) is 14.7. The topological polar surface area (TPSA) is 34.1 Å². The predicted molar refractivity (Wildman–Crippen MR) is 308 cm³/mol. The van der Waals surface area contributed by atoms with Gasteiger partial charge in [-0.1, -0.05) is 267 Å². The highest BCUT2D eigenvalue weighted by Gasteiger charge is 2.39. The summed E-state index contributed by atoms with van der Waals surface area (Å²) in [7, 11) is 0. The number of carbonyl (C=O) groups excluding carboxylic acids is 2. The lowest BCUT2D eigenvalue weighted by Crippen LogP contribution is -2.02. The van der Waals surface area contributed by atoms with Gasteiger partial charge in [-0.25, -0.2) is 0 Å². The Morgan fingerprint density at radius 2 is 0.419 bits per heavy atom. The second-order valence-corrected chi connectivity index (χ2v) is 19.2. The molecule has 10 aromatic carbocycles. The average molecular weight is 949 g/mol. The molecule has 0 heterocycles. The second kappa shape index (κ2) is 20.5. The summed E-state index contributed by atoms with van der Waals surface area (Å²) in [6.45, 7) is 0. The van der Waals surface area contributed by atoms with E-state index < -0.39 is 0 Å². The minimum Gasteiger partial charge on any atom is -0.289 e. The van der Waals surface area contributed by atoms with Crippen molar-refractivity contribution in [2.75, 3.05) is 0 Å². The molecule has 0 spiro atoms. The van der Waals surface area contributed by atoms with Crippen LogP contribution in [0, 0.1) is 0 Å². The quantitative estimate of drug-likeness (QED) is 0.109. The molecule has 0 bridgehead atoms. The summed E-state index contributed by atoms with van der Waals surface area (Å²) in [4.78, 5) is 31.2. The molecular formula is C72H52O2. The minimum absolute atomic E-state index is 0.00545. The lowest BCUT2D eigenvalue weighted by Gasteiger charge is -2.20. The van der Waals surface area contributed by atoms with Gasteiger partial charge in [-0.2, -0.15) is 0 Å². The zero-order valence-electron chi connectivity index (χ0n) is 41.0. The van der Waals surface area contributed by atoms with Crippen LogP contribution in [-0.4, -0.2) is 11.6 Å². The van der Waals surface area contributed by atoms with Crippen molar-refractivity contribution in [3.8, 4) is 0 Å². The summed E-state index contributed by atoms with van der Waals surface area (Å²) in [6, 6.07) is 92.4. The molecule has 0 atom stereocenters. The molecule has 2 aliphatic carbocycles. The van der Waals surface area contributed by atoms with Gasteiger partial charge in [-0.05, 0) is 103 Å². The number of carbonyl (C=O) groups is 2. The van der Waals surface area contributed by atoms with Crippen LogP contribution in [0.15, 0.2) is 267 Å². The third kappa shape index (κ3) is 8.82. The van der Waals surface area contributed by atoms with Crippen LogP contribution in [0.25, 0.3) is 55.4 Å². The molecule has 74 heavy (non-hydrogen) atoms. The Morgan fingerprint density at radius 1 is 0.189 bits per heavy atom. The first-order chi connectivity index (χ1) is 36.6. The Balaban J connectivity index is 1.07. The maximum Gasteiger partial charge on any atom is 0.195 e. The first kappa shape index (κ1) is 45.9. The maximum absolute atomic E-state index is 15.6. The molecule has 2 nitrogen and oxygen atoms in total. The van der Waals surface area contributed by atoms with E-state index in [1.807, 2.05) is 72.8 Å². The van der Waals surface area contributed by atoms with Gasteiger partial charge in [0.05, 0.1) is 0 Å². The smallest absolute Gasteiger partial charge is 0.195 e. The predicted octanol–water partition coefficient (Wildman–Crippen LogP) is 16.6. The van der Waals surface area contributed by atoms with Gasteiger partial charge in [0.1, 0.15) is 0 Å². The van der Waals surface area contributed by atoms with Gasteiger partial charge < -0.3 is 0 Å². The van der Waals surface area contributed by atoms with Crippen LogP contribution in [0.4, 0.5) is 0 Å². The Kier molecular flexibility index (Phi) is 12.7. The molecule has 0 saturated carbocycles. The molecule has 352 valence electrons. The van der Waals surface area contributed by atoms with Crippen LogP contribution in [0.3, 0.4) is 0 Å². The fourth-order valence-electron chi connectivity index (χ4n) is 11.1. The summed E-state index contributed by atoms with van der Waals surface area (Å²) in [5, 5.41) is 1.98. The summed E-state index contributed by atoms with van der Waals surface area (Å²) in [6.07, 6.45) is 3.69. The van der Waals surface area contributed by atoms with Crippen molar-refractivity contribution in [1.29, 1.82) is 0 Å². The second-order valence-electron chi connectivity index (χ2n) is 19.2. The summed E-state index contributed by atoms with van der Waals surface area (Å²) < 4.78 is 0. The Labute approximate surface area is 433 Å². The normalized spacial score (nSPS) is 13.7. The Bertz CT molecular complexity index is 3570. The van der Waals surface area contributed by atoms with Gasteiger partial charge in [-0.3, -0.25) is 9.59 Å². The van der Waals surface area contributed by atoms with Gasteiger partial charge in [0.2, 0.25) is 0 Å². The van der Waals surface area contributed by atoms with Crippen molar-refractivity contribution in [3.63, 3.8) is 0 Å². The van der Waals surface area contributed by atoms with Crippen molar-refractivity contribution in [3.05, 3.63) is 334 Å². The molecule has 0 N–H and O–H groups in total. The van der Waals surface area contributed by atoms with E-state index in [0.717, 1.165) is 103 Å². The lowest BCUT2D eigenvalue weighted by molar-refractivity contribution is -0.109. The number of aryl methyl sites for hydroxylation is 4. The molecule has 0 unspecified atom stereocenters. The number of benzene rings is 10. The average Bonchev–Trinajstić information content (AvgIpc) is 3.96. The highest BCUT2D eigenvalue weighted by Crippen LogP contribution is 2.54. The van der Waals surface area contributed by atoms with Crippen LogP contribution in [-0.2, 0) is 35.3 Å². The largest absolute Gasteiger partial charge is 0.289 e. The molecule has 0 aromatic heterocycles. The molecule has 2 aliphatic rings. The zero-order chi connectivity index (χ0) is 49.8. The number of fused-ring (bicyclic) bond motifs is 1. The molecular weight excluding hydrogens is 897 g/mol. The highest BCUT2D eigenvalue weighted by atomic mass is 16.1. The van der Waals surface area contributed by atoms with E-state index in [2.05, 4.69) is 194 Å². The molecule has 0 aliphatic heterocycles. The number of allylic oxidation sites excluding steroid dienone is 8. The maximum atomic E-state index is 15.6. The number of hydrogen-bond acceptors (Lipinski definition) is 2. The lowest BCUT2D eigenvalue weighted by atomic mass is 9.82. The van der Waals surface area contributed by atoms with Gasteiger partial charge in [-0.15, -0.1) is 0 Å². The van der Waals surface area contributed by atoms with Gasteiger partial charge >= 0.3 is 0 Å². The van der Waals surface area contributed by atoms with Crippen LogP contribution < -0.4 is 0 Å². The third-order valence-electron chi connectivity index (χ3n) is 14.7. The SMILES string of the molecule is O=C1C(c2ccccc2)=C(c2ccc(CCc3ccccc3)cc2)C(c2ccc(C3=C(c4ccccc4)C(=O)C(c4ccccc4)=C3c3ccc(CCc4ccccc4)cc3)c3ccccc23)=C1c1ccccc1. The van der Waals surface area contributed by atoms with Gasteiger partial charge in [0.25, 0.3) is 0 Å². The van der Waals surface area contributed by atoms with Gasteiger partial charge in [0.15, 0.2) is 11.6 Å². The molecule has 0 fully saturated rings. The monoisotopic (exact) mass is 948 g/mol. The Hall–Kier alpha value is -9.24. The summed E-state index contributed by atoms with van der Waals surface area (Å²) >= 11 is 0. The first-order valence-corrected chi connectivity index (χ1v) is 25.7. The van der Waals surface area contributed by atoms with Crippen molar-refractivity contribution in [1.82, 2.24) is 0 Å². The molecule has 10 aromatic rings. The van der Waals surface area contributed by atoms with Crippen LogP contribution in [0.5, 0.6) is 0 Å². The zero-order valence-corrected chi connectivity index (χ0v) is 41.0. The number of ketones is 2. The highest BCUT2D eigenvalue weighted by molar-refractivity contribution is 6.61. The number of rotatable bonds is 14. The van der Waals surface area contributed by atoms with Crippen molar-refractivity contribution < 1.29 is 9.59 Å². The summed E-state index contributed by atoms with van der Waals surface area (Å²) in [5.74, 6) is -0.0109. The van der Waals surface area contributed by atoms with E-state index in [-0.39, 0.29) is 11.6 Å². The number of hydrogen-bond donors (Lipinski definition) is 0. The fourth-order valence-corrected chi connectivity index (χ4v) is 11.1. The molecule has 0 radical (unpaired) electrons. The molecule has 0 amide bonds. The van der Waals surface area contributed by atoms with E-state index in [4.69, 9.17) is 0 Å². The van der Waals surface area contributed by atoms with Crippen molar-refractivity contribution >= 4 is 66.9 Å². The van der Waals surface area contributed by atoms with E-state index in [0.29, 0.717) is 22.3 Å². The fraction of sp³-hybridized carbons (Fsp3) is 0.0556. The first-order valence-electron chi connectivity index (χ1n) is 25.7. The van der Waals surface area contributed by atoms with Crippen LogP contribution >= 0.6 is 0 Å². The molecule has 0 saturated heterocycles. The molecule has 12 rings (SSSR count). The van der Waals surface area contributed by atoms with E-state index >= 15 is 9.59 Å². The van der Waals surface area contributed by atoms with E-state index in [1.165, 1.54) is 22.3 Å². The van der Waals surface area contributed by atoms with Gasteiger partial charge in [0, 0.05) is 44.6 Å². The molecule has 2 heteroatoms. The number of Topliss-reactive ketones (excluding diaryl/α,β-unsaturated/α-hetero) is 2. The standard InChI is InChI=1S/C72H52O2/c73-71-65(53-25-11-3-12-26-53)63(57-43-39-51(40-44-57)37-35-49-21-7-1-8-22-49)69(67(71)55-29-15-5-16-30-55)61-47-48-62(60-34-20-19-33-59(60)61)70-64(58-45-41-52(42-46-58)38-36-50-23-9-2-10-24-50)66(54-27-13-4-14-28-54)72(74)68(70)56-31-17-6-18-32-56/h1-34,39-48H,35-38H2. The van der Waals surface area contributed by atoms with Crippen LogP contribution in [0.2, 0.25) is 0 Å². The van der Waals surface area contributed by atoms with Crippen molar-refractivity contribution in [2.45, 2.75) is 25.7 Å².